The molecular weight excluding hydrogens is 356 g/mol. The fraction of sp³-hybridized carbons (Fsp3) is 0.481. The van der Waals surface area contributed by atoms with Crippen LogP contribution in [0.1, 0.15) is 80.8 Å². The minimum absolute atomic E-state index is 0.100. The first-order valence-corrected chi connectivity index (χ1v) is 11.6. The quantitative estimate of drug-likeness (QED) is 0.313. The van der Waals surface area contributed by atoms with Gasteiger partial charge in [0.15, 0.2) is 11.5 Å². The maximum Gasteiger partial charge on any atom is 0.165 e. The molecule has 0 amide bonds. The zero-order chi connectivity index (χ0) is 19.5. The summed E-state index contributed by atoms with van der Waals surface area (Å²) in [6.07, 6.45) is 11.5. The van der Waals surface area contributed by atoms with E-state index in [2.05, 4.69) is 30.3 Å². The van der Waals surface area contributed by atoms with Crippen molar-refractivity contribution in [2.75, 3.05) is 0 Å². The summed E-state index contributed by atoms with van der Waals surface area (Å²) in [6.45, 7) is 0. The molecule has 29 heavy (non-hydrogen) atoms. The van der Waals surface area contributed by atoms with E-state index in [1.165, 1.54) is 67.7 Å². The summed E-state index contributed by atoms with van der Waals surface area (Å²) in [5, 5.41) is 26.8. The second-order valence-electron chi connectivity index (χ2n) is 9.81. The molecular formula is C27H30O2. The van der Waals surface area contributed by atoms with Crippen molar-refractivity contribution >= 4 is 21.5 Å². The third-order valence-electron chi connectivity index (χ3n) is 8.37. The highest BCUT2D eigenvalue weighted by Crippen LogP contribution is 2.58. The van der Waals surface area contributed by atoms with Gasteiger partial charge in [0.05, 0.1) is 0 Å². The summed E-state index contributed by atoms with van der Waals surface area (Å²) >= 11 is 0. The number of aromatic hydroxyl groups is 2. The van der Waals surface area contributed by atoms with Gasteiger partial charge in [-0.1, -0.05) is 49.9 Å². The van der Waals surface area contributed by atoms with E-state index in [4.69, 9.17) is 0 Å². The lowest BCUT2D eigenvalue weighted by atomic mass is 9.71. The van der Waals surface area contributed by atoms with Crippen LogP contribution in [0.25, 0.3) is 21.5 Å². The molecule has 0 radical (unpaired) electrons. The fourth-order valence-electron chi connectivity index (χ4n) is 7.09. The molecule has 4 unspecified atom stereocenters. The Kier molecular flexibility index (Phi) is 4.04. The molecule has 0 spiro atoms. The molecule has 2 heteroatoms. The SMILES string of the molecule is Oc1c2c(c3cc4ccccc4cc3c1O)C1CCCCC1CC1CCCCC21. The van der Waals surface area contributed by atoms with Crippen LogP contribution in [0.15, 0.2) is 36.4 Å². The Labute approximate surface area is 172 Å². The van der Waals surface area contributed by atoms with E-state index < -0.39 is 0 Å². The van der Waals surface area contributed by atoms with Crippen LogP contribution in [0.2, 0.25) is 0 Å². The Morgan fingerprint density at radius 3 is 1.83 bits per heavy atom. The van der Waals surface area contributed by atoms with Gasteiger partial charge >= 0.3 is 0 Å². The van der Waals surface area contributed by atoms with Gasteiger partial charge in [-0.25, -0.2) is 0 Å². The lowest BCUT2D eigenvalue weighted by Gasteiger charge is -2.34. The Bertz CT molecular complexity index is 1100. The topological polar surface area (TPSA) is 40.5 Å². The number of hydrogen-bond acceptors (Lipinski definition) is 2. The van der Waals surface area contributed by atoms with Gasteiger partial charge in [0.1, 0.15) is 0 Å². The van der Waals surface area contributed by atoms with Crippen molar-refractivity contribution in [2.45, 2.75) is 69.6 Å². The van der Waals surface area contributed by atoms with Crippen molar-refractivity contribution < 1.29 is 10.2 Å². The van der Waals surface area contributed by atoms with Crippen LogP contribution in [0.3, 0.4) is 0 Å². The van der Waals surface area contributed by atoms with Gasteiger partial charge in [0.2, 0.25) is 0 Å². The van der Waals surface area contributed by atoms with Crippen molar-refractivity contribution in [2.24, 2.45) is 11.8 Å². The molecule has 0 aliphatic heterocycles. The lowest BCUT2D eigenvalue weighted by molar-refractivity contribution is 0.215. The highest BCUT2D eigenvalue weighted by atomic mass is 16.3. The minimum Gasteiger partial charge on any atom is -0.504 e. The summed E-state index contributed by atoms with van der Waals surface area (Å²) in [7, 11) is 0. The van der Waals surface area contributed by atoms with Gasteiger partial charge in [0.25, 0.3) is 0 Å². The fourth-order valence-corrected chi connectivity index (χ4v) is 7.09. The number of hydrogen-bond donors (Lipinski definition) is 2. The second-order valence-corrected chi connectivity index (χ2v) is 9.81. The van der Waals surface area contributed by atoms with E-state index in [0.717, 1.165) is 28.7 Å². The van der Waals surface area contributed by atoms with Gasteiger partial charge in [-0.2, -0.15) is 0 Å². The van der Waals surface area contributed by atoms with E-state index in [0.29, 0.717) is 17.8 Å². The largest absolute Gasteiger partial charge is 0.504 e. The van der Waals surface area contributed by atoms with Gasteiger partial charge in [0, 0.05) is 10.9 Å². The van der Waals surface area contributed by atoms with Crippen LogP contribution in [-0.2, 0) is 0 Å². The third kappa shape index (κ3) is 2.61. The normalized spacial score (nSPS) is 29.1. The van der Waals surface area contributed by atoms with E-state index in [1.807, 2.05) is 6.07 Å². The predicted octanol–water partition coefficient (Wildman–Crippen LogP) is 7.36. The first kappa shape index (κ1) is 17.6. The van der Waals surface area contributed by atoms with Gasteiger partial charge < -0.3 is 10.2 Å². The summed E-state index contributed by atoms with van der Waals surface area (Å²) < 4.78 is 0. The maximum absolute atomic E-state index is 11.3. The number of phenolic OH excluding ortho intramolecular Hbond substituents is 2. The molecule has 150 valence electrons. The van der Waals surface area contributed by atoms with Crippen LogP contribution >= 0.6 is 0 Å². The van der Waals surface area contributed by atoms with Crippen molar-refractivity contribution in [3.63, 3.8) is 0 Å². The van der Waals surface area contributed by atoms with E-state index in [9.17, 15) is 10.2 Å². The lowest BCUT2D eigenvalue weighted by Crippen LogP contribution is -2.21. The first-order chi connectivity index (χ1) is 14.2. The van der Waals surface area contributed by atoms with Crippen LogP contribution in [0.4, 0.5) is 0 Å². The molecule has 4 atom stereocenters. The molecule has 3 aliphatic carbocycles. The molecule has 0 heterocycles. The molecule has 3 aromatic carbocycles. The van der Waals surface area contributed by atoms with Gasteiger partial charge in [-0.3, -0.25) is 0 Å². The predicted molar refractivity (Wildman–Crippen MR) is 119 cm³/mol. The molecule has 3 aliphatic rings. The average Bonchev–Trinajstić information content (AvgIpc) is 2.91. The maximum atomic E-state index is 11.3. The number of rotatable bonds is 0. The zero-order valence-corrected chi connectivity index (χ0v) is 17.0. The summed E-state index contributed by atoms with van der Waals surface area (Å²) in [6, 6.07) is 12.8. The Morgan fingerprint density at radius 1 is 0.621 bits per heavy atom. The molecule has 0 aromatic heterocycles. The second kappa shape index (κ2) is 6.65. The molecule has 2 nitrogen and oxygen atoms in total. The van der Waals surface area contributed by atoms with Gasteiger partial charge in [-0.05, 0) is 89.6 Å². The van der Waals surface area contributed by atoms with Crippen LogP contribution in [0, 0.1) is 11.8 Å². The molecule has 6 rings (SSSR count). The smallest absolute Gasteiger partial charge is 0.165 e. The van der Waals surface area contributed by atoms with Gasteiger partial charge in [-0.15, -0.1) is 0 Å². The Hall–Kier alpha value is -2.22. The standard InChI is InChI=1S/C27H30O2/c28-26-23-15-17-8-2-1-7-16(17)14-22(23)24-20-11-5-3-9-18(20)13-19-10-4-6-12-21(19)25(24)27(26)29/h1-2,7-8,14-15,18-21,28-29H,3-6,9-13H2. The highest BCUT2D eigenvalue weighted by molar-refractivity contribution is 6.04. The molecule has 2 fully saturated rings. The monoisotopic (exact) mass is 386 g/mol. The average molecular weight is 387 g/mol. The van der Waals surface area contributed by atoms with E-state index in [-0.39, 0.29) is 11.5 Å². The minimum atomic E-state index is 0.100. The molecule has 3 aromatic rings. The van der Waals surface area contributed by atoms with Crippen LogP contribution in [-0.4, -0.2) is 10.2 Å². The van der Waals surface area contributed by atoms with E-state index in [1.54, 1.807) is 0 Å². The van der Waals surface area contributed by atoms with Crippen LogP contribution in [0.5, 0.6) is 11.5 Å². The number of fused-ring (bicyclic) bond motifs is 8. The van der Waals surface area contributed by atoms with Crippen molar-refractivity contribution in [3.05, 3.63) is 47.5 Å². The number of benzene rings is 3. The third-order valence-corrected chi connectivity index (χ3v) is 8.37. The van der Waals surface area contributed by atoms with Crippen LogP contribution < -0.4 is 0 Å². The highest BCUT2D eigenvalue weighted by Gasteiger charge is 2.42. The first-order valence-electron chi connectivity index (χ1n) is 11.6. The molecule has 0 saturated heterocycles. The summed E-state index contributed by atoms with van der Waals surface area (Å²) in [4.78, 5) is 0. The van der Waals surface area contributed by atoms with Crippen molar-refractivity contribution in [1.82, 2.24) is 0 Å². The molecule has 2 saturated carbocycles. The Morgan fingerprint density at radius 2 is 1.17 bits per heavy atom. The van der Waals surface area contributed by atoms with E-state index >= 15 is 0 Å². The zero-order valence-electron chi connectivity index (χ0n) is 17.0. The molecule has 2 N–H and O–H groups in total. The summed E-state index contributed by atoms with van der Waals surface area (Å²) in [5.41, 5.74) is 2.50. The summed E-state index contributed by atoms with van der Waals surface area (Å²) in [5.74, 6) is 2.62. The Balaban J connectivity index is 1.72. The van der Waals surface area contributed by atoms with Crippen molar-refractivity contribution in [3.8, 4) is 11.5 Å². The molecule has 0 bridgehead atoms. The van der Waals surface area contributed by atoms with Crippen molar-refractivity contribution in [1.29, 1.82) is 0 Å². The number of phenols is 2.